The smallest absolute Gasteiger partial charge is 0.329 e. The number of hydrogen-bond donors (Lipinski definition) is 7. The number of nitrogens with zero attached hydrogens (tertiary/aromatic N) is 1. The summed E-state index contributed by atoms with van der Waals surface area (Å²) in [4.78, 5) is 36.0. The monoisotopic (exact) mass is 362 g/mol. The predicted octanol–water partition coefficient (Wildman–Crippen LogP) is -5.12. The lowest BCUT2D eigenvalue weighted by atomic mass is 10.0. The lowest BCUT2D eigenvalue weighted by molar-refractivity contribution is -0.159. The molecular formula is C13H22N4O8. The van der Waals surface area contributed by atoms with Gasteiger partial charge in [0.05, 0.1) is 19.1 Å². The molecular weight excluding hydrogens is 340 g/mol. The van der Waals surface area contributed by atoms with Crippen molar-refractivity contribution in [3.05, 3.63) is 0 Å². The van der Waals surface area contributed by atoms with Crippen molar-refractivity contribution in [2.24, 2.45) is 11.5 Å². The second kappa shape index (κ2) is 7.59. The van der Waals surface area contributed by atoms with Gasteiger partial charge in [-0.1, -0.05) is 0 Å². The van der Waals surface area contributed by atoms with Crippen LogP contribution in [0.1, 0.15) is 6.42 Å². The Labute approximate surface area is 142 Å². The van der Waals surface area contributed by atoms with Gasteiger partial charge in [-0.05, 0) is 0 Å². The molecule has 0 aromatic carbocycles. The molecule has 25 heavy (non-hydrogen) atoms. The van der Waals surface area contributed by atoms with E-state index < -0.39 is 61.1 Å². The zero-order valence-corrected chi connectivity index (χ0v) is 13.2. The van der Waals surface area contributed by atoms with E-state index in [-0.39, 0.29) is 18.9 Å². The molecule has 0 aromatic rings. The van der Waals surface area contributed by atoms with Crippen LogP contribution < -0.4 is 16.8 Å². The number of carboxylic acids is 1. The number of aliphatic hydroxyl groups excluding tert-OH is 3. The van der Waals surface area contributed by atoms with E-state index in [0.717, 1.165) is 0 Å². The van der Waals surface area contributed by atoms with Crippen LogP contribution >= 0.6 is 0 Å². The summed E-state index contributed by atoms with van der Waals surface area (Å²) in [5, 5.41) is 40.4. The van der Waals surface area contributed by atoms with Crippen molar-refractivity contribution < 1.29 is 39.5 Å². The van der Waals surface area contributed by atoms with Crippen LogP contribution in [0.25, 0.3) is 0 Å². The van der Waals surface area contributed by atoms with Crippen molar-refractivity contribution in [3.8, 4) is 0 Å². The van der Waals surface area contributed by atoms with Crippen LogP contribution in [0.15, 0.2) is 0 Å². The second-order valence-electron chi connectivity index (χ2n) is 6.01. The summed E-state index contributed by atoms with van der Waals surface area (Å²) in [6, 6.07) is -3.43. The molecule has 2 amide bonds. The van der Waals surface area contributed by atoms with Crippen molar-refractivity contribution in [1.82, 2.24) is 10.2 Å². The van der Waals surface area contributed by atoms with Gasteiger partial charge in [-0.25, -0.2) is 4.79 Å². The fraction of sp³-hybridized carbons (Fsp3) is 0.769. The Morgan fingerprint density at radius 1 is 1.36 bits per heavy atom. The molecule has 0 bridgehead atoms. The predicted molar refractivity (Wildman–Crippen MR) is 79.6 cm³/mol. The highest BCUT2D eigenvalue weighted by Crippen LogP contribution is 2.30. The molecule has 9 N–H and O–H groups in total. The first-order valence-corrected chi connectivity index (χ1v) is 7.65. The van der Waals surface area contributed by atoms with E-state index in [2.05, 4.69) is 0 Å². The molecule has 0 saturated carbocycles. The molecule has 2 unspecified atom stereocenters. The number of β-lactam (4-membered cyclic amide) rings is 1. The van der Waals surface area contributed by atoms with Crippen molar-refractivity contribution in [2.75, 3.05) is 13.1 Å². The number of ether oxygens (including phenoxy) is 1. The second-order valence-corrected chi connectivity index (χ2v) is 6.01. The fourth-order valence-corrected chi connectivity index (χ4v) is 2.68. The summed E-state index contributed by atoms with van der Waals surface area (Å²) >= 11 is 0. The minimum Gasteiger partial charge on any atom is -0.480 e. The van der Waals surface area contributed by atoms with Crippen molar-refractivity contribution >= 4 is 17.8 Å². The lowest BCUT2D eigenvalue weighted by Gasteiger charge is -2.31. The molecule has 2 fully saturated rings. The highest BCUT2D eigenvalue weighted by molar-refractivity contribution is 5.87. The van der Waals surface area contributed by atoms with E-state index in [4.69, 9.17) is 21.3 Å². The average Bonchev–Trinajstić information content (AvgIpc) is 2.93. The highest BCUT2D eigenvalue weighted by Gasteiger charge is 2.49. The Balaban J connectivity index is 1.95. The number of aliphatic hydroxyl groups is 3. The van der Waals surface area contributed by atoms with Crippen molar-refractivity contribution in [2.45, 2.75) is 49.1 Å². The van der Waals surface area contributed by atoms with Crippen LogP contribution in [-0.2, 0) is 19.1 Å². The summed E-state index contributed by atoms with van der Waals surface area (Å²) in [6.07, 6.45) is -6.08. The number of amides is 2. The molecule has 2 heterocycles. The Morgan fingerprint density at radius 2 is 2.00 bits per heavy atom. The largest absolute Gasteiger partial charge is 0.480 e. The summed E-state index contributed by atoms with van der Waals surface area (Å²) in [7, 11) is 0. The fourth-order valence-electron chi connectivity index (χ4n) is 2.68. The molecule has 0 aliphatic carbocycles. The third kappa shape index (κ3) is 3.89. The molecule has 12 nitrogen and oxygen atoms in total. The summed E-state index contributed by atoms with van der Waals surface area (Å²) in [6.45, 7) is -0.348. The number of aliphatic carboxylic acids is 1. The quantitative estimate of drug-likeness (QED) is 0.204. The van der Waals surface area contributed by atoms with Gasteiger partial charge in [0.1, 0.15) is 30.6 Å². The van der Waals surface area contributed by atoms with Crippen molar-refractivity contribution in [3.63, 3.8) is 0 Å². The zero-order chi connectivity index (χ0) is 18.9. The molecule has 2 saturated heterocycles. The van der Waals surface area contributed by atoms with E-state index in [0.29, 0.717) is 0 Å². The van der Waals surface area contributed by atoms with Gasteiger partial charge >= 0.3 is 5.97 Å². The van der Waals surface area contributed by atoms with Gasteiger partial charge in [-0.2, -0.15) is 0 Å². The Hall–Kier alpha value is -1.83. The van der Waals surface area contributed by atoms with Crippen LogP contribution in [0.5, 0.6) is 0 Å². The van der Waals surface area contributed by atoms with E-state index >= 15 is 0 Å². The lowest BCUT2D eigenvalue weighted by Crippen LogP contribution is -2.60. The molecule has 7 atom stereocenters. The van der Waals surface area contributed by atoms with Gasteiger partial charge in [0.2, 0.25) is 11.8 Å². The number of nitrogens with one attached hydrogen (secondary N) is 1. The molecule has 12 heteroatoms. The van der Waals surface area contributed by atoms with Crippen molar-refractivity contribution in [1.29, 1.82) is 0 Å². The number of fused-ring (bicyclic) bond motifs is 1. The minimum absolute atomic E-state index is 0.0719. The number of carboxylic acid groups (broad SMARTS) is 1. The summed E-state index contributed by atoms with van der Waals surface area (Å²) in [5.41, 5.74) is 10.8. The molecule has 2 rings (SSSR count). The summed E-state index contributed by atoms with van der Waals surface area (Å²) < 4.78 is 5.39. The first-order chi connectivity index (χ1) is 11.7. The van der Waals surface area contributed by atoms with Gasteiger partial charge < -0.3 is 46.8 Å². The topological polar surface area (TPSA) is 209 Å². The van der Waals surface area contributed by atoms with Gasteiger partial charge in [-0.3, -0.25) is 9.59 Å². The first-order valence-electron chi connectivity index (χ1n) is 7.65. The molecule has 0 spiro atoms. The molecule has 0 radical (unpaired) electrons. The summed E-state index contributed by atoms with van der Waals surface area (Å²) in [5.74, 6) is -2.81. The Morgan fingerprint density at radius 3 is 2.48 bits per heavy atom. The third-order valence-electron chi connectivity index (χ3n) is 4.32. The van der Waals surface area contributed by atoms with Crippen LogP contribution in [0.2, 0.25) is 0 Å². The third-order valence-corrected chi connectivity index (χ3v) is 4.32. The first kappa shape index (κ1) is 19.5. The standard InChI is InChI=1S/C13H22N4O8/c14-2-4(18)10(20)9(13(23)24)16-12(22)8(15)11(21)5-3-17-6(19)1-7(17)25-5/h4-5,7-11,18,20-21H,1-3,14-15H2,(H,16,22)(H,23,24)/t4-,5-,7+,8-,9-,10?,11?/m1/s1. The molecule has 2 aliphatic rings. The van der Waals surface area contributed by atoms with Gasteiger partial charge in [-0.15, -0.1) is 0 Å². The Bertz CT molecular complexity index is 546. The number of carbonyl (C=O) groups excluding carboxylic acids is 2. The minimum atomic E-state index is -1.87. The van der Waals surface area contributed by atoms with Crippen LogP contribution in [0, 0.1) is 0 Å². The van der Waals surface area contributed by atoms with E-state index in [9.17, 15) is 29.7 Å². The number of hydrogen-bond acceptors (Lipinski definition) is 9. The number of rotatable bonds is 8. The maximum absolute atomic E-state index is 12.1. The van der Waals surface area contributed by atoms with Gasteiger partial charge in [0, 0.05) is 6.54 Å². The van der Waals surface area contributed by atoms with Crippen LogP contribution in [0.3, 0.4) is 0 Å². The maximum atomic E-state index is 12.1. The molecule has 142 valence electrons. The normalized spacial score (nSPS) is 28.4. The average molecular weight is 362 g/mol. The SMILES string of the molecule is NC[C@@H](O)C(O)[C@@H](NC(=O)[C@H](N)C(O)[C@H]1CN2C(=O)C[C@@H]2O1)C(=O)O. The van der Waals surface area contributed by atoms with E-state index in [1.807, 2.05) is 5.32 Å². The van der Waals surface area contributed by atoms with Crippen LogP contribution in [-0.4, -0.2) is 98.9 Å². The van der Waals surface area contributed by atoms with Gasteiger partial charge in [0.15, 0.2) is 6.04 Å². The maximum Gasteiger partial charge on any atom is 0.329 e. The van der Waals surface area contributed by atoms with Gasteiger partial charge in [0.25, 0.3) is 0 Å². The highest BCUT2D eigenvalue weighted by atomic mass is 16.5. The zero-order valence-electron chi connectivity index (χ0n) is 13.2. The Kier molecular flexibility index (Phi) is 5.92. The number of carbonyl (C=O) groups is 3. The molecule has 0 aromatic heterocycles. The van der Waals surface area contributed by atoms with Crippen LogP contribution in [0.4, 0.5) is 0 Å². The van der Waals surface area contributed by atoms with E-state index in [1.165, 1.54) is 4.90 Å². The van der Waals surface area contributed by atoms with E-state index in [1.54, 1.807) is 0 Å². The molecule has 2 aliphatic heterocycles. The number of nitrogens with two attached hydrogens (primary N) is 2.